The fourth-order valence-electron chi connectivity index (χ4n) is 2.58. The Morgan fingerprint density at radius 3 is 1.94 bits per heavy atom. The molecule has 0 radical (unpaired) electrons. The number of sulfonamides is 2. The zero-order valence-corrected chi connectivity index (χ0v) is 19.3. The molecule has 11 heteroatoms. The predicted octanol–water partition coefficient (Wildman–Crippen LogP) is 4.99. The molecule has 0 saturated carbocycles. The van der Waals surface area contributed by atoms with Crippen LogP contribution in [0.25, 0.3) is 0 Å². The largest absolute Gasteiger partial charge is 0.494 e. The van der Waals surface area contributed by atoms with Crippen LogP contribution in [0, 0.1) is 0 Å². The summed E-state index contributed by atoms with van der Waals surface area (Å²) >= 11 is 12.1. The summed E-state index contributed by atoms with van der Waals surface area (Å²) in [6.45, 7) is 2.26. The topological polar surface area (TPSA) is 102 Å². The van der Waals surface area contributed by atoms with Gasteiger partial charge in [0, 0.05) is 0 Å². The van der Waals surface area contributed by atoms with E-state index in [4.69, 9.17) is 27.9 Å². The van der Waals surface area contributed by atoms with E-state index in [0.717, 1.165) is 6.07 Å². The fraction of sp³-hybridized carbons (Fsp3) is 0.100. The molecule has 0 aromatic heterocycles. The Kier molecular flexibility index (Phi) is 7.00. The normalized spacial score (nSPS) is 11.7. The quantitative estimate of drug-likeness (QED) is 0.453. The lowest BCUT2D eigenvalue weighted by atomic mass is 10.3. The van der Waals surface area contributed by atoms with E-state index in [1.165, 1.54) is 48.5 Å². The van der Waals surface area contributed by atoms with Crippen molar-refractivity contribution in [1.29, 1.82) is 0 Å². The van der Waals surface area contributed by atoms with Crippen LogP contribution in [0.2, 0.25) is 10.0 Å². The fourth-order valence-corrected chi connectivity index (χ4v) is 5.22. The lowest BCUT2D eigenvalue weighted by Crippen LogP contribution is -2.16. The number of hydrogen-bond acceptors (Lipinski definition) is 5. The van der Waals surface area contributed by atoms with Crippen molar-refractivity contribution in [3.8, 4) is 5.75 Å². The van der Waals surface area contributed by atoms with Crippen LogP contribution in [-0.4, -0.2) is 23.4 Å². The Hall–Kier alpha value is -2.46. The molecule has 0 aliphatic carbocycles. The van der Waals surface area contributed by atoms with Gasteiger partial charge in [-0.3, -0.25) is 9.44 Å². The first-order valence-corrected chi connectivity index (χ1v) is 12.7. The number of anilines is 2. The molecule has 0 amide bonds. The van der Waals surface area contributed by atoms with Crippen molar-refractivity contribution in [2.24, 2.45) is 0 Å². The zero-order chi connectivity index (χ0) is 22.6. The molecule has 31 heavy (non-hydrogen) atoms. The van der Waals surface area contributed by atoms with Crippen molar-refractivity contribution in [3.05, 3.63) is 76.8 Å². The molecule has 0 aliphatic rings. The highest BCUT2D eigenvalue weighted by atomic mass is 35.5. The van der Waals surface area contributed by atoms with Gasteiger partial charge in [-0.15, -0.1) is 0 Å². The molecule has 0 unspecified atom stereocenters. The van der Waals surface area contributed by atoms with Crippen LogP contribution in [0.4, 0.5) is 11.4 Å². The lowest BCUT2D eigenvalue weighted by molar-refractivity contribution is 0.340. The Morgan fingerprint density at radius 2 is 1.29 bits per heavy atom. The standard InChI is InChI=1S/C20H18Cl2N2O5S2/c1-2-29-14-7-9-15(10-8-14)30(25,26)24-20-13-16(11-12-18(20)22)31(27,28)23-19-6-4-3-5-17(19)21/h3-13,23-24H,2H2,1H3. The third-order valence-corrected chi connectivity index (χ3v) is 7.46. The van der Waals surface area contributed by atoms with Crippen LogP contribution < -0.4 is 14.2 Å². The summed E-state index contributed by atoms with van der Waals surface area (Å²) in [6.07, 6.45) is 0. The van der Waals surface area contributed by atoms with Gasteiger partial charge in [-0.1, -0.05) is 35.3 Å². The third kappa shape index (κ3) is 5.62. The average Bonchev–Trinajstić information content (AvgIpc) is 2.72. The van der Waals surface area contributed by atoms with Crippen molar-refractivity contribution < 1.29 is 21.6 Å². The minimum Gasteiger partial charge on any atom is -0.494 e. The molecule has 3 rings (SSSR count). The SMILES string of the molecule is CCOc1ccc(S(=O)(=O)Nc2cc(S(=O)(=O)Nc3ccccc3Cl)ccc2Cl)cc1. The van der Waals surface area contributed by atoms with E-state index < -0.39 is 20.0 Å². The molecule has 0 fully saturated rings. The summed E-state index contributed by atoms with van der Waals surface area (Å²) in [6, 6.07) is 15.8. The first-order valence-electron chi connectivity index (χ1n) is 8.95. The molecule has 0 aliphatic heterocycles. The predicted molar refractivity (Wildman–Crippen MR) is 122 cm³/mol. The summed E-state index contributed by atoms with van der Waals surface area (Å²) < 4.78 is 60.9. The molecule has 7 nitrogen and oxygen atoms in total. The van der Waals surface area contributed by atoms with E-state index in [0.29, 0.717) is 12.4 Å². The number of para-hydroxylation sites is 1. The van der Waals surface area contributed by atoms with Gasteiger partial charge in [0.1, 0.15) is 5.75 Å². The average molecular weight is 501 g/mol. The van der Waals surface area contributed by atoms with Crippen molar-refractivity contribution in [2.75, 3.05) is 16.1 Å². The van der Waals surface area contributed by atoms with Gasteiger partial charge in [0.15, 0.2) is 0 Å². The minimum atomic E-state index is -4.05. The van der Waals surface area contributed by atoms with Gasteiger partial charge < -0.3 is 4.74 Å². The number of benzene rings is 3. The molecule has 3 aromatic rings. The van der Waals surface area contributed by atoms with Crippen LogP contribution in [0.15, 0.2) is 76.5 Å². The molecule has 0 spiro atoms. The molecule has 0 bridgehead atoms. The number of rotatable bonds is 8. The van der Waals surface area contributed by atoms with Gasteiger partial charge in [0.2, 0.25) is 0 Å². The highest BCUT2D eigenvalue weighted by molar-refractivity contribution is 7.93. The molecule has 0 atom stereocenters. The summed E-state index contributed by atoms with van der Waals surface area (Å²) in [5.74, 6) is 0.526. The second-order valence-corrected chi connectivity index (χ2v) is 10.4. The van der Waals surface area contributed by atoms with E-state index >= 15 is 0 Å². The van der Waals surface area contributed by atoms with E-state index in [9.17, 15) is 16.8 Å². The number of ether oxygens (including phenoxy) is 1. The molecule has 3 aromatic carbocycles. The van der Waals surface area contributed by atoms with Gasteiger partial charge in [0.05, 0.1) is 37.8 Å². The maximum Gasteiger partial charge on any atom is 0.262 e. The molecule has 0 saturated heterocycles. The molecular formula is C20H18Cl2N2O5S2. The summed E-state index contributed by atoms with van der Waals surface area (Å²) in [7, 11) is -8.07. The lowest BCUT2D eigenvalue weighted by Gasteiger charge is -2.13. The number of halogens is 2. The van der Waals surface area contributed by atoms with Crippen LogP contribution in [0.1, 0.15) is 6.92 Å². The second kappa shape index (κ2) is 9.35. The molecule has 2 N–H and O–H groups in total. The molecule has 0 heterocycles. The van der Waals surface area contributed by atoms with Gasteiger partial charge in [-0.2, -0.15) is 0 Å². The van der Waals surface area contributed by atoms with Crippen LogP contribution in [0.5, 0.6) is 5.75 Å². The zero-order valence-electron chi connectivity index (χ0n) is 16.2. The molecule has 164 valence electrons. The summed E-state index contributed by atoms with van der Waals surface area (Å²) in [4.78, 5) is -0.226. The molecular weight excluding hydrogens is 483 g/mol. The first-order chi connectivity index (χ1) is 14.6. The number of nitrogens with one attached hydrogen (secondary N) is 2. The van der Waals surface area contributed by atoms with E-state index in [2.05, 4.69) is 9.44 Å². The van der Waals surface area contributed by atoms with Crippen LogP contribution >= 0.6 is 23.2 Å². The van der Waals surface area contributed by atoms with Gasteiger partial charge in [-0.25, -0.2) is 16.8 Å². The first kappa shape index (κ1) is 23.2. The van der Waals surface area contributed by atoms with Crippen molar-refractivity contribution in [3.63, 3.8) is 0 Å². The van der Waals surface area contributed by atoms with Crippen LogP contribution in [-0.2, 0) is 20.0 Å². The third-order valence-electron chi connectivity index (χ3n) is 4.06. The Morgan fingerprint density at radius 1 is 0.742 bits per heavy atom. The smallest absolute Gasteiger partial charge is 0.262 e. The van der Waals surface area contributed by atoms with E-state index in [-0.39, 0.29) is 31.2 Å². The summed E-state index contributed by atoms with van der Waals surface area (Å²) in [5.41, 5.74) is 0.105. The Labute approximate surface area is 191 Å². The summed E-state index contributed by atoms with van der Waals surface area (Å²) in [5, 5.41) is 0.252. The van der Waals surface area contributed by atoms with Gasteiger partial charge in [-0.05, 0) is 61.5 Å². The highest BCUT2D eigenvalue weighted by Gasteiger charge is 2.20. The maximum atomic E-state index is 12.7. The second-order valence-electron chi connectivity index (χ2n) is 6.24. The number of hydrogen-bond donors (Lipinski definition) is 2. The Bertz CT molecular complexity index is 1300. The van der Waals surface area contributed by atoms with Gasteiger partial charge in [0.25, 0.3) is 20.0 Å². The van der Waals surface area contributed by atoms with Crippen molar-refractivity contribution >= 4 is 54.6 Å². The van der Waals surface area contributed by atoms with Gasteiger partial charge >= 0.3 is 0 Å². The maximum absolute atomic E-state index is 12.7. The van der Waals surface area contributed by atoms with Crippen molar-refractivity contribution in [1.82, 2.24) is 0 Å². The van der Waals surface area contributed by atoms with Crippen molar-refractivity contribution in [2.45, 2.75) is 16.7 Å². The monoisotopic (exact) mass is 500 g/mol. The van der Waals surface area contributed by atoms with E-state index in [1.807, 2.05) is 6.92 Å². The Balaban J connectivity index is 1.89. The minimum absolute atomic E-state index is 0.0329. The highest BCUT2D eigenvalue weighted by Crippen LogP contribution is 2.30. The van der Waals surface area contributed by atoms with E-state index in [1.54, 1.807) is 12.1 Å². The van der Waals surface area contributed by atoms with Crippen LogP contribution in [0.3, 0.4) is 0 Å².